The van der Waals surface area contributed by atoms with E-state index in [1.165, 1.54) is 31.3 Å². The summed E-state index contributed by atoms with van der Waals surface area (Å²) in [7, 11) is 0. The largest absolute Gasteiger partial charge is 0.394 e. The Morgan fingerprint density at radius 2 is 1.85 bits per heavy atom. The molecule has 0 aromatic heterocycles. The molecule has 1 heterocycles. The topological polar surface area (TPSA) is 140 Å². The van der Waals surface area contributed by atoms with Crippen LogP contribution in [0, 0.1) is 23.2 Å². The molecule has 1 aliphatic heterocycles. The molecule has 4 fully saturated rings. The Hall–Kier alpha value is -1.10. The van der Waals surface area contributed by atoms with Crippen molar-refractivity contribution in [3.63, 3.8) is 0 Å². The van der Waals surface area contributed by atoms with Gasteiger partial charge in [-0.1, -0.05) is 51.0 Å². The maximum Gasteiger partial charge on any atom is 0.187 e. The predicted molar refractivity (Wildman–Crippen MR) is 157 cm³/mol. The SMILES string of the molecule is C=C1/C(=C/C=C2/CCC[C@@]3(C)C2CCC3[C@H](C)CCCC(C)(C)O)C[C@@H](O)C[C@@H]1O[C@H]1O[C@@H](CO)[C@H](O)[C@@H](O)[C@@H]1O. The molecule has 234 valence electrons. The Labute approximate surface area is 245 Å². The fourth-order valence-corrected chi connectivity index (χ4v) is 8.20. The van der Waals surface area contributed by atoms with E-state index in [9.17, 15) is 30.6 Å². The van der Waals surface area contributed by atoms with Crippen LogP contribution in [0.25, 0.3) is 0 Å². The van der Waals surface area contributed by atoms with Gasteiger partial charge in [0.15, 0.2) is 6.29 Å². The Morgan fingerprint density at radius 1 is 1.12 bits per heavy atom. The summed E-state index contributed by atoms with van der Waals surface area (Å²) in [6.45, 7) is 12.4. The van der Waals surface area contributed by atoms with Gasteiger partial charge in [0, 0.05) is 6.42 Å². The quantitative estimate of drug-likeness (QED) is 0.244. The van der Waals surface area contributed by atoms with Gasteiger partial charge in [-0.05, 0) is 93.1 Å². The van der Waals surface area contributed by atoms with Crippen LogP contribution in [0.15, 0.2) is 35.5 Å². The molecule has 0 aromatic carbocycles. The zero-order valence-electron chi connectivity index (χ0n) is 25.4. The van der Waals surface area contributed by atoms with Crippen molar-refractivity contribution in [2.45, 2.75) is 140 Å². The minimum absolute atomic E-state index is 0.272. The third-order valence-electron chi connectivity index (χ3n) is 10.6. The predicted octanol–water partition coefficient (Wildman–Crippen LogP) is 3.53. The lowest BCUT2D eigenvalue weighted by molar-refractivity contribution is -0.309. The van der Waals surface area contributed by atoms with Crippen molar-refractivity contribution in [1.82, 2.24) is 0 Å². The number of hydrogen-bond donors (Lipinski definition) is 6. The number of rotatable bonds is 9. The first-order chi connectivity index (χ1) is 19.2. The van der Waals surface area contributed by atoms with Crippen molar-refractivity contribution in [2.75, 3.05) is 6.61 Å². The molecular weight excluding hydrogens is 524 g/mol. The summed E-state index contributed by atoms with van der Waals surface area (Å²) in [6, 6.07) is 0. The van der Waals surface area contributed by atoms with Crippen molar-refractivity contribution >= 4 is 0 Å². The van der Waals surface area contributed by atoms with Gasteiger partial charge in [-0.3, -0.25) is 0 Å². The molecule has 3 saturated carbocycles. The second-order valence-electron chi connectivity index (χ2n) is 14.2. The Kier molecular flexibility index (Phi) is 10.6. The highest BCUT2D eigenvalue weighted by Gasteiger charge is 2.50. The summed E-state index contributed by atoms with van der Waals surface area (Å²) < 4.78 is 11.5. The maximum atomic E-state index is 10.7. The van der Waals surface area contributed by atoms with Gasteiger partial charge in [0.25, 0.3) is 0 Å². The molecule has 2 unspecified atom stereocenters. The van der Waals surface area contributed by atoms with Crippen LogP contribution in [0.2, 0.25) is 0 Å². The van der Waals surface area contributed by atoms with Gasteiger partial charge < -0.3 is 40.1 Å². The van der Waals surface area contributed by atoms with Gasteiger partial charge in [-0.15, -0.1) is 0 Å². The van der Waals surface area contributed by atoms with Crippen molar-refractivity contribution in [3.8, 4) is 0 Å². The van der Waals surface area contributed by atoms with E-state index in [1.807, 2.05) is 13.8 Å². The average molecular weight is 579 g/mol. The van der Waals surface area contributed by atoms with E-state index < -0.39 is 55.1 Å². The summed E-state index contributed by atoms with van der Waals surface area (Å²) in [6.07, 6.45) is 5.91. The number of allylic oxidation sites excluding steroid dienone is 3. The number of aliphatic hydroxyl groups excluding tert-OH is 5. The molecule has 11 atom stereocenters. The fourth-order valence-electron chi connectivity index (χ4n) is 8.20. The monoisotopic (exact) mass is 578 g/mol. The second kappa shape index (κ2) is 13.3. The van der Waals surface area contributed by atoms with Crippen molar-refractivity contribution in [1.29, 1.82) is 0 Å². The Balaban J connectivity index is 1.44. The number of ether oxygens (including phenoxy) is 2. The van der Waals surface area contributed by atoms with Crippen LogP contribution in [-0.2, 0) is 9.47 Å². The molecule has 8 nitrogen and oxygen atoms in total. The van der Waals surface area contributed by atoms with E-state index >= 15 is 0 Å². The molecule has 3 aliphatic carbocycles. The van der Waals surface area contributed by atoms with Crippen LogP contribution in [-0.4, -0.2) is 85.8 Å². The smallest absolute Gasteiger partial charge is 0.187 e. The Bertz CT molecular complexity index is 967. The molecule has 0 aromatic rings. The van der Waals surface area contributed by atoms with Crippen molar-refractivity contribution in [2.24, 2.45) is 23.2 Å². The van der Waals surface area contributed by atoms with E-state index in [1.54, 1.807) is 0 Å². The molecule has 0 bridgehead atoms. The minimum atomic E-state index is -1.52. The zero-order valence-corrected chi connectivity index (χ0v) is 25.4. The summed E-state index contributed by atoms with van der Waals surface area (Å²) in [5.41, 5.74) is 2.73. The summed E-state index contributed by atoms with van der Waals surface area (Å²) >= 11 is 0. The standard InChI is InChI=1S/C33H54O8/c1-19(8-6-14-32(3,4)39)24-12-13-25-21(9-7-15-33(24,25)5)10-11-22-16-23(35)17-26(20(22)2)40-31-30(38)29(37)28(36)27(18-34)41-31/h10-11,19,23-31,34-39H,2,6-9,12-18H2,1,3-5H3/b21-10-,22-11+/t19-,23-,24?,25?,26+,27+,28+,29-,30+,31+,33-/m1/s1. The van der Waals surface area contributed by atoms with Gasteiger partial charge in [0.1, 0.15) is 24.4 Å². The highest BCUT2D eigenvalue weighted by molar-refractivity contribution is 5.39. The van der Waals surface area contributed by atoms with E-state index in [0.717, 1.165) is 31.3 Å². The summed E-state index contributed by atoms with van der Waals surface area (Å²) in [5, 5.41) is 61.0. The minimum Gasteiger partial charge on any atom is -0.394 e. The van der Waals surface area contributed by atoms with Crippen LogP contribution in [0.5, 0.6) is 0 Å². The molecular formula is C33H54O8. The zero-order chi connectivity index (χ0) is 30.1. The molecule has 1 saturated heterocycles. The molecule has 0 spiro atoms. The van der Waals surface area contributed by atoms with Crippen LogP contribution in [0.4, 0.5) is 0 Å². The van der Waals surface area contributed by atoms with Crippen molar-refractivity contribution < 1.29 is 40.1 Å². The molecule has 41 heavy (non-hydrogen) atoms. The lowest BCUT2D eigenvalue weighted by atomic mass is 9.60. The van der Waals surface area contributed by atoms with Gasteiger partial charge in [-0.25, -0.2) is 0 Å². The molecule has 0 radical (unpaired) electrons. The highest BCUT2D eigenvalue weighted by atomic mass is 16.7. The molecule has 8 heteroatoms. The maximum absolute atomic E-state index is 10.7. The normalized spacial score (nSPS) is 43.0. The van der Waals surface area contributed by atoms with E-state index in [2.05, 4.69) is 32.6 Å². The molecule has 4 aliphatic rings. The van der Waals surface area contributed by atoms with E-state index in [0.29, 0.717) is 29.7 Å². The van der Waals surface area contributed by atoms with E-state index in [-0.39, 0.29) is 11.8 Å². The van der Waals surface area contributed by atoms with Crippen LogP contribution in [0.1, 0.15) is 91.9 Å². The third-order valence-corrected chi connectivity index (χ3v) is 10.6. The molecule has 0 amide bonds. The van der Waals surface area contributed by atoms with Crippen LogP contribution in [0.3, 0.4) is 0 Å². The first-order valence-corrected chi connectivity index (χ1v) is 15.7. The van der Waals surface area contributed by atoms with E-state index in [4.69, 9.17) is 9.47 Å². The average Bonchev–Trinajstić information content (AvgIpc) is 3.26. The van der Waals surface area contributed by atoms with Crippen molar-refractivity contribution in [3.05, 3.63) is 35.5 Å². The highest BCUT2D eigenvalue weighted by Crippen LogP contribution is 2.60. The fraction of sp³-hybridized carbons (Fsp3) is 0.818. The summed E-state index contributed by atoms with van der Waals surface area (Å²) in [4.78, 5) is 0. The third kappa shape index (κ3) is 7.35. The number of hydrogen-bond acceptors (Lipinski definition) is 8. The van der Waals surface area contributed by atoms with Gasteiger partial charge in [-0.2, -0.15) is 0 Å². The summed E-state index contributed by atoms with van der Waals surface area (Å²) in [5.74, 6) is 1.84. The molecule has 6 N–H and O–H groups in total. The van der Waals surface area contributed by atoms with Gasteiger partial charge in [0.2, 0.25) is 0 Å². The molecule has 4 rings (SSSR count). The first-order valence-electron chi connectivity index (χ1n) is 15.7. The number of aliphatic hydroxyl groups is 6. The number of fused-ring (bicyclic) bond motifs is 1. The Morgan fingerprint density at radius 3 is 2.54 bits per heavy atom. The van der Waals surface area contributed by atoms with Gasteiger partial charge in [0.05, 0.1) is 24.4 Å². The first kappa shape index (κ1) is 32.8. The van der Waals surface area contributed by atoms with Gasteiger partial charge >= 0.3 is 0 Å². The lowest BCUT2D eigenvalue weighted by Crippen LogP contribution is -2.60. The lowest BCUT2D eigenvalue weighted by Gasteiger charge is -2.44. The van der Waals surface area contributed by atoms with Crippen LogP contribution < -0.4 is 0 Å². The van der Waals surface area contributed by atoms with Crippen LogP contribution >= 0.6 is 0 Å². The second-order valence-corrected chi connectivity index (χ2v) is 14.2.